The van der Waals surface area contributed by atoms with E-state index in [4.69, 9.17) is 14.2 Å². The predicted octanol–water partition coefficient (Wildman–Crippen LogP) is 5.61. The number of esters is 1. The third-order valence-corrected chi connectivity index (χ3v) is 5.25. The van der Waals surface area contributed by atoms with Crippen LogP contribution in [-0.4, -0.2) is 42.0 Å². The zero-order valence-electron chi connectivity index (χ0n) is 19.8. The molecule has 0 aliphatic carbocycles. The van der Waals surface area contributed by atoms with Crippen LogP contribution in [0.1, 0.15) is 57.2 Å². The molecule has 1 heterocycles. The van der Waals surface area contributed by atoms with E-state index in [1.165, 1.54) is 0 Å². The number of hydrogen-bond acceptors (Lipinski definition) is 5. The highest BCUT2D eigenvalue weighted by molar-refractivity contribution is 5.71. The lowest BCUT2D eigenvalue weighted by atomic mass is 9.95. The molecule has 0 bridgehead atoms. The van der Waals surface area contributed by atoms with Gasteiger partial charge in [-0.1, -0.05) is 66.7 Å². The standard InChI is InChI=1S/C27H33NO5/c1-5-31-25(29)18-22(20-12-8-6-9-13-20)16-17-24-28(26(30)33-27(2,3)4)23(19-32-24)21-14-10-7-11-15-21/h6-17,22-24H,5,18-19H2,1-4H3/t22-,23-,24+/m0/s1. The van der Waals surface area contributed by atoms with Gasteiger partial charge in [0.25, 0.3) is 0 Å². The molecule has 6 heteroatoms. The number of carbonyl (C=O) groups excluding carboxylic acids is 2. The summed E-state index contributed by atoms with van der Waals surface area (Å²) in [7, 11) is 0. The normalized spacial score (nSPS) is 19.5. The number of benzene rings is 2. The van der Waals surface area contributed by atoms with Crippen molar-refractivity contribution in [3.05, 3.63) is 83.9 Å². The Bertz CT molecular complexity index is 936. The molecule has 2 aromatic rings. The Kier molecular flexibility index (Phi) is 8.28. The number of amides is 1. The number of rotatable bonds is 7. The van der Waals surface area contributed by atoms with Crippen molar-refractivity contribution in [2.24, 2.45) is 0 Å². The summed E-state index contributed by atoms with van der Waals surface area (Å²) in [5, 5.41) is 0. The fourth-order valence-corrected chi connectivity index (χ4v) is 3.78. The molecule has 1 aliphatic rings. The Morgan fingerprint density at radius 2 is 1.73 bits per heavy atom. The van der Waals surface area contributed by atoms with Crippen molar-refractivity contribution in [2.75, 3.05) is 13.2 Å². The minimum absolute atomic E-state index is 0.204. The summed E-state index contributed by atoms with van der Waals surface area (Å²) in [6.45, 7) is 8.01. The van der Waals surface area contributed by atoms with Crippen molar-refractivity contribution in [1.29, 1.82) is 0 Å². The lowest BCUT2D eigenvalue weighted by Gasteiger charge is -2.30. The minimum Gasteiger partial charge on any atom is -0.466 e. The van der Waals surface area contributed by atoms with Gasteiger partial charge in [0, 0.05) is 5.92 Å². The molecule has 176 valence electrons. The molecule has 33 heavy (non-hydrogen) atoms. The maximum Gasteiger partial charge on any atom is 0.413 e. The second-order valence-electron chi connectivity index (χ2n) is 8.95. The molecule has 1 fully saturated rings. The summed E-state index contributed by atoms with van der Waals surface area (Å²) >= 11 is 0. The smallest absolute Gasteiger partial charge is 0.413 e. The van der Waals surface area contributed by atoms with Gasteiger partial charge in [-0.25, -0.2) is 4.79 Å². The summed E-state index contributed by atoms with van der Waals surface area (Å²) in [5.41, 5.74) is 1.33. The Labute approximate surface area is 196 Å². The van der Waals surface area contributed by atoms with Crippen LogP contribution in [0.3, 0.4) is 0 Å². The van der Waals surface area contributed by atoms with Gasteiger partial charge in [0.2, 0.25) is 0 Å². The Morgan fingerprint density at radius 1 is 1.09 bits per heavy atom. The molecular formula is C27H33NO5. The van der Waals surface area contributed by atoms with Crippen LogP contribution in [0.15, 0.2) is 72.8 Å². The summed E-state index contributed by atoms with van der Waals surface area (Å²) in [6.07, 6.45) is 2.91. The lowest BCUT2D eigenvalue weighted by Crippen LogP contribution is -2.41. The van der Waals surface area contributed by atoms with Crippen LogP contribution in [0.5, 0.6) is 0 Å². The van der Waals surface area contributed by atoms with E-state index in [1.54, 1.807) is 11.8 Å². The molecular weight excluding hydrogens is 418 g/mol. The summed E-state index contributed by atoms with van der Waals surface area (Å²) in [5.74, 6) is -0.473. The van der Waals surface area contributed by atoms with Crippen LogP contribution in [0.25, 0.3) is 0 Å². The first-order chi connectivity index (χ1) is 15.8. The van der Waals surface area contributed by atoms with Gasteiger partial charge in [-0.15, -0.1) is 0 Å². The Morgan fingerprint density at radius 3 is 2.33 bits per heavy atom. The second kappa shape index (κ2) is 11.1. The molecule has 0 unspecified atom stereocenters. The van der Waals surface area contributed by atoms with Crippen LogP contribution in [0.4, 0.5) is 4.79 Å². The molecule has 0 saturated carbocycles. The largest absolute Gasteiger partial charge is 0.466 e. The van der Waals surface area contributed by atoms with Crippen LogP contribution in [0.2, 0.25) is 0 Å². The SMILES string of the molecule is CCOC(=O)C[C@H](C=C[C@H]1OC[C@@H](c2ccccc2)N1C(=O)OC(C)(C)C)c1ccccc1. The van der Waals surface area contributed by atoms with Gasteiger partial charge in [-0.2, -0.15) is 0 Å². The van der Waals surface area contributed by atoms with E-state index in [1.807, 2.05) is 93.6 Å². The number of carbonyl (C=O) groups is 2. The average Bonchev–Trinajstić information content (AvgIpc) is 3.21. The van der Waals surface area contributed by atoms with Gasteiger partial charge in [0.05, 0.1) is 25.7 Å². The molecule has 2 aromatic carbocycles. The monoisotopic (exact) mass is 451 g/mol. The van der Waals surface area contributed by atoms with E-state index in [2.05, 4.69) is 0 Å². The molecule has 1 amide bonds. The quantitative estimate of drug-likeness (QED) is 0.404. The maximum absolute atomic E-state index is 13.1. The van der Waals surface area contributed by atoms with E-state index in [0.29, 0.717) is 13.2 Å². The maximum atomic E-state index is 13.1. The van der Waals surface area contributed by atoms with Crippen LogP contribution < -0.4 is 0 Å². The van der Waals surface area contributed by atoms with Gasteiger partial charge < -0.3 is 14.2 Å². The van der Waals surface area contributed by atoms with Crippen molar-refractivity contribution < 1.29 is 23.8 Å². The van der Waals surface area contributed by atoms with Crippen molar-refractivity contribution >= 4 is 12.1 Å². The summed E-state index contributed by atoms with van der Waals surface area (Å²) < 4.78 is 16.9. The molecule has 0 aromatic heterocycles. The van der Waals surface area contributed by atoms with Crippen molar-refractivity contribution in [2.45, 2.75) is 57.9 Å². The zero-order chi connectivity index (χ0) is 23.8. The Balaban J connectivity index is 1.87. The average molecular weight is 452 g/mol. The first kappa shape index (κ1) is 24.5. The summed E-state index contributed by atoms with van der Waals surface area (Å²) in [6, 6.07) is 19.3. The number of ether oxygens (including phenoxy) is 3. The molecule has 3 atom stereocenters. The van der Waals surface area contributed by atoms with E-state index in [0.717, 1.165) is 11.1 Å². The van der Waals surface area contributed by atoms with E-state index >= 15 is 0 Å². The molecule has 0 N–H and O–H groups in total. The molecule has 6 nitrogen and oxygen atoms in total. The molecule has 0 radical (unpaired) electrons. The number of hydrogen-bond donors (Lipinski definition) is 0. The van der Waals surface area contributed by atoms with E-state index < -0.39 is 17.9 Å². The van der Waals surface area contributed by atoms with Crippen LogP contribution >= 0.6 is 0 Å². The van der Waals surface area contributed by atoms with E-state index in [-0.39, 0.29) is 24.3 Å². The molecule has 1 saturated heterocycles. The lowest BCUT2D eigenvalue weighted by molar-refractivity contribution is -0.143. The van der Waals surface area contributed by atoms with Crippen molar-refractivity contribution in [1.82, 2.24) is 4.90 Å². The van der Waals surface area contributed by atoms with Crippen LogP contribution in [0, 0.1) is 0 Å². The third kappa shape index (κ3) is 6.93. The zero-order valence-corrected chi connectivity index (χ0v) is 19.8. The second-order valence-corrected chi connectivity index (χ2v) is 8.95. The van der Waals surface area contributed by atoms with Gasteiger partial charge >= 0.3 is 12.1 Å². The third-order valence-electron chi connectivity index (χ3n) is 5.25. The summed E-state index contributed by atoms with van der Waals surface area (Å²) in [4.78, 5) is 27.0. The minimum atomic E-state index is -0.633. The van der Waals surface area contributed by atoms with E-state index in [9.17, 15) is 9.59 Å². The number of allylic oxidation sites excluding steroid dienone is 1. The first-order valence-electron chi connectivity index (χ1n) is 11.3. The molecule has 1 aliphatic heterocycles. The first-order valence-corrected chi connectivity index (χ1v) is 11.3. The van der Waals surface area contributed by atoms with Crippen molar-refractivity contribution in [3.63, 3.8) is 0 Å². The highest BCUT2D eigenvalue weighted by Crippen LogP contribution is 2.33. The van der Waals surface area contributed by atoms with Gasteiger partial charge in [-0.3, -0.25) is 9.69 Å². The fraction of sp³-hybridized carbons (Fsp3) is 0.407. The highest BCUT2D eigenvalue weighted by Gasteiger charge is 2.40. The molecule has 3 rings (SSSR count). The van der Waals surface area contributed by atoms with Crippen molar-refractivity contribution in [3.8, 4) is 0 Å². The highest BCUT2D eigenvalue weighted by atomic mass is 16.6. The predicted molar refractivity (Wildman–Crippen MR) is 127 cm³/mol. The van der Waals surface area contributed by atoms with Gasteiger partial charge in [0.15, 0.2) is 6.23 Å². The Hall–Kier alpha value is -3.12. The number of nitrogens with zero attached hydrogens (tertiary/aromatic N) is 1. The van der Waals surface area contributed by atoms with Gasteiger partial charge in [-0.05, 0) is 44.9 Å². The fourth-order valence-electron chi connectivity index (χ4n) is 3.78. The van der Waals surface area contributed by atoms with Crippen LogP contribution in [-0.2, 0) is 19.0 Å². The molecule has 0 spiro atoms. The van der Waals surface area contributed by atoms with Gasteiger partial charge in [0.1, 0.15) is 5.60 Å². The topological polar surface area (TPSA) is 65.1 Å².